The van der Waals surface area contributed by atoms with E-state index in [1.165, 1.54) is 24.3 Å². The molecule has 0 unspecified atom stereocenters. The number of hydrogen-bond acceptors (Lipinski definition) is 3. The molecule has 2 amide bonds. The predicted octanol–water partition coefficient (Wildman–Crippen LogP) is 0.641. The van der Waals surface area contributed by atoms with Gasteiger partial charge in [-0.1, -0.05) is 12.1 Å². The Morgan fingerprint density at radius 3 is 2.53 bits per heavy atom. The summed E-state index contributed by atoms with van der Waals surface area (Å²) in [6.45, 7) is -0.438. The van der Waals surface area contributed by atoms with Crippen molar-refractivity contribution in [3.05, 3.63) is 35.6 Å². The third-order valence-electron chi connectivity index (χ3n) is 1.73. The van der Waals surface area contributed by atoms with Crippen LogP contribution in [-0.2, 0) is 16.2 Å². The summed E-state index contributed by atoms with van der Waals surface area (Å²) in [6.07, 6.45) is 0. The maximum atomic E-state index is 12.6. The second kappa shape index (κ2) is 6.44. The molecular formula is C10H11FN2O4. The van der Waals surface area contributed by atoms with Crippen LogP contribution in [0.4, 0.5) is 9.18 Å². The molecule has 3 N–H and O–H groups in total. The van der Waals surface area contributed by atoms with Gasteiger partial charge < -0.3 is 10.4 Å². The number of carboxylic acids is 1. The molecule has 0 bridgehead atoms. The van der Waals surface area contributed by atoms with E-state index in [4.69, 9.17) is 5.11 Å². The standard InChI is InChI=1S/C10H11FN2O4/c11-8-3-1-7(2-4-8)5-12-10(16)13-17-6-9(14)15/h1-4H,5-6H2,(H,14,15)(H2,12,13,16). The first kappa shape index (κ1) is 12.9. The molecule has 1 aromatic carbocycles. The number of halogens is 1. The number of carbonyl (C=O) groups is 2. The van der Waals surface area contributed by atoms with Crippen molar-refractivity contribution >= 4 is 12.0 Å². The minimum Gasteiger partial charge on any atom is -0.479 e. The molecule has 17 heavy (non-hydrogen) atoms. The molecule has 7 heteroatoms. The molecule has 1 aromatic rings. The molecule has 0 spiro atoms. The topological polar surface area (TPSA) is 87.7 Å². The lowest BCUT2D eigenvalue weighted by Crippen LogP contribution is -2.36. The highest BCUT2D eigenvalue weighted by molar-refractivity contribution is 5.73. The Bertz CT molecular complexity index is 394. The van der Waals surface area contributed by atoms with Crippen LogP contribution in [0.2, 0.25) is 0 Å². The van der Waals surface area contributed by atoms with Gasteiger partial charge in [0, 0.05) is 6.54 Å². The van der Waals surface area contributed by atoms with Crippen LogP contribution >= 0.6 is 0 Å². The van der Waals surface area contributed by atoms with Gasteiger partial charge in [-0.15, -0.1) is 0 Å². The monoisotopic (exact) mass is 242 g/mol. The van der Waals surface area contributed by atoms with Crippen LogP contribution in [0.5, 0.6) is 0 Å². The summed E-state index contributed by atoms with van der Waals surface area (Å²) in [5.41, 5.74) is 2.60. The van der Waals surface area contributed by atoms with Crippen LogP contribution in [0.15, 0.2) is 24.3 Å². The van der Waals surface area contributed by atoms with E-state index < -0.39 is 18.6 Å². The second-order valence-corrected chi connectivity index (χ2v) is 3.09. The molecule has 0 fully saturated rings. The Labute approximate surface area is 96.3 Å². The maximum Gasteiger partial charge on any atom is 0.338 e. The van der Waals surface area contributed by atoms with Gasteiger partial charge in [0.05, 0.1) is 0 Å². The van der Waals surface area contributed by atoms with Gasteiger partial charge in [0.15, 0.2) is 6.61 Å². The van der Waals surface area contributed by atoms with Crippen molar-refractivity contribution in [3.63, 3.8) is 0 Å². The fraction of sp³-hybridized carbons (Fsp3) is 0.200. The molecule has 0 saturated heterocycles. The number of urea groups is 1. The molecule has 6 nitrogen and oxygen atoms in total. The van der Waals surface area contributed by atoms with Crippen molar-refractivity contribution in [2.45, 2.75) is 6.54 Å². The average molecular weight is 242 g/mol. The molecule has 0 aliphatic rings. The summed E-state index contributed by atoms with van der Waals surface area (Å²) in [5, 5.41) is 10.6. The Kier molecular flexibility index (Phi) is 4.89. The van der Waals surface area contributed by atoms with Gasteiger partial charge in [-0.05, 0) is 17.7 Å². The number of carboxylic acid groups (broad SMARTS) is 1. The van der Waals surface area contributed by atoms with E-state index in [2.05, 4.69) is 10.2 Å². The molecule has 0 aromatic heterocycles. The van der Waals surface area contributed by atoms with Crippen molar-refractivity contribution in [1.29, 1.82) is 0 Å². The lowest BCUT2D eigenvalue weighted by molar-refractivity contribution is -0.144. The van der Waals surface area contributed by atoms with E-state index >= 15 is 0 Å². The van der Waals surface area contributed by atoms with Crippen LogP contribution < -0.4 is 10.8 Å². The summed E-state index contributed by atoms with van der Waals surface area (Å²) in [5.74, 6) is -1.55. The zero-order chi connectivity index (χ0) is 12.7. The summed E-state index contributed by atoms with van der Waals surface area (Å²) in [6, 6.07) is 4.92. The van der Waals surface area contributed by atoms with Crippen molar-refractivity contribution < 1.29 is 23.9 Å². The van der Waals surface area contributed by atoms with E-state index in [1.54, 1.807) is 0 Å². The number of carbonyl (C=O) groups excluding carboxylic acids is 1. The zero-order valence-electron chi connectivity index (χ0n) is 8.77. The van der Waals surface area contributed by atoms with Crippen LogP contribution in [0.3, 0.4) is 0 Å². The van der Waals surface area contributed by atoms with Crippen molar-refractivity contribution in [1.82, 2.24) is 10.8 Å². The van der Waals surface area contributed by atoms with Gasteiger partial charge in [-0.2, -0.15) is 0 Å². The van der Waals surface area contributed by atoms with Crippen LogP contribution in [0.25, 0.3) is 0 Å². The first-order valence-electron chi connectivity index (χ1n) is 4.70. The third-order valence-corrected chi connectivity index (χ3v) is 1.73. The molecule has 0 aliphatic carbocycles. The number of hydrogen-bond donors (Lipinski definition) is 3. The molecule has 92 valence electrons. The smallest absolute Gasteiger partial charge is 0.338 e. The molecule has 0 aliphatic heterocycles. The Morgan fingerprint density at radius 2 is 1.94 bits per heavy atom. The number of rotatable bonds is 5. The maximum absolute atomic E-state index is 12.6. The van der Waals surface area contributed by atoms with Gasteiger partial charge in [0.1, 0.15) is 5.82 Å². The average Bonchev–Trinajstić information content (AvgIpc) is 2.28. The lowest BCUT2D eigenvalue weighted by Gasteiger charge is -2.06. The van der Waals surface area contributed by atoms with E-state index in [0.717, 1.165) is 0 Å². The first-order chi connectivity index (χ1) is 8.08. The largest absolute Gasteiger partial charge is 0.479 e. The van der Waals surface area contributed by atoms with Crippen LogP contribution in [-0.4, -0.2) is 23.7 Å². The number of aliphatic carboxylic acids is 1. The van der Waals surface area contributed by atoms with Crippen molar-refractivity contribution in [2.24, 2.45) is 0 Å². The van der Waals surface area contributed by atoms with E-state index in [-0.39, 0.29) is 12.4 Å². The summed E-state index contributed by atoms with van der Waals surface area (Å²) >= 11 is 0. The van der Waals surface area contributed by atoms with E-state index in [0.29, 0.717) is 5.56 Å². The highest BCUT2D eigenvalue weighted by atomic mass is 19.1. The molecule has 0 heterocycles. The summed E-state index contributed by atoms with van der Waals surface area (Å²) in [7, 11) is 0. The fourth-order valence-corrected chi connectivity index (χ4v) is 0.984. The second-order valence-electron chi connectivity index (χ2n) is 3.09. The molecule has 0 radical (unpaired) electrons. The quantitative estimate of drug-likeness (QED) is 0.661. The van der Waals surface area contributed by atoms with Gasteiger partial charge in [0.25, 0.3) is 0 Å². The molecule has 1 rings (SSSR count). The molecule has 0 atom stereocenters. The minimum atomic E-state index is -1.19. The van der Waals surface area contributed by atoms with Crippen molar-refractivity contribution in [2.75, 3.05) is 6.61 Å². The fourth-order valence-electron chi connectivity index (χ4n) is 0.984. The minimum absolute atomic E-state index is 0.183. The van der Waals surface area contributed by atoms with E-state index in [1.807, 2.05) is 5.48 Å². The molecular weight excluding hydrogens is 231 g/mol. The van der Waals surface area contributed by atoms with Crippen molar-refractivity contribution in [3.8, 4) is 0 Å². The Hall–Kier alpha value is -2.15. The zero-order valence-corrected chi connectivity index (χ0v) is 8.77. The molecule has 0 saturated carbocycles. The Balaban J connectivity index is 2.23. The predicted molar refractivity (Wildman–Crippen MR) is 55.4 cm³/mol. The summed E-state index contributed by atoms with van der Waals surface area (Å²) in [4.78, 5) is 25.5. The third kappa shape index (κ3) is 5.47. The number of nitrogens with one attached hydrogen (secondary N) is 2. The van der Waals surface area contributed by atoms with Crippen LogP contribution in [0.1, 0.15) is 5.56 Å². The normalized spacial score (nSPS) is 9.71. The van der Waals surface area contributed by atoms with Gasteiger partial charge in [0.2, 0.25) is 0 Å². The Morgan fingerprint density at radius 1 is 1.29 bits per heavy atom. The number of amides is 2. The summed E-state index contributed by atoms with van der Waals surface area (Å²) < 4.78 is 12.6. The van der Waals surface area contributed by atoms with Crippen LogP contribution in [0, 0.1) is 5.82 Å². The SMILES string of the molecule is O=C(O)CONC(=O)NCc1ccc(F)cc1. The number of benzene rings is 1. The first-order valence-corrected chi connectivity index (χ1v) is 4.70. The highest BCUT2D eigenvalue weighted by Gasteiger charge is 2.02. The lowest BCUT2D eigenvalue weighted by atomic mass is 10.2. The van der Waals surface area contributed by atoms with Gasteiger partial charge in [-0.3, -0.25) is 4.84 Å². The van der Waals surface area contributed by atoms with Gasteiger partial charge in [-0.25, -0.2) is 19.5 Å². The number of hydroxylamine groups is 1. The highest BCUT2D eigenvalue weighted by Crippen LogP contribution is 2.01. The van der Waals surface area contributed by atoms with E-state index in [9.17, 15) is 14.0 Å². The van der Waals surface area contributed by atoms with Gasteiger partial charge >= 0.3 is 12.0 Å².